The molecular weight excluding hydrogens is 957 g/mol. The van der Waals surface area contributed by atoms with E-state index in [0.717, 1.165) is 0 Å². The van der Waals surface area contributed by atoms with Gasteiger partial charge >= 0.3 is 29.8 Å². The Balaban J connectivity index is 1.27. The molecule has 0 spiro atoms. The van der Waals surface area contributed by atoms with Crippen LogP contribution in [0.5, 0.6) is 0 Å². The summed E-state index contributed by atoms with van der Waals surface area (Å²) in [6, 6.07) is 40.1. The van der Waals surface area contributed by atoms with E-state index in [1.54, 1.807) is 115 Å². The van der Waals surface area contributed by atoms with E-state index >= 15 is 0 Å². The Hall–Kier alpha value is -6.33. The number of halogens is 3. The number of rotatable bonds is 15. The Labute approximate surface area is 412 Å². The summed E-state index contributed by atoms with van der Waals surface area (Å²) >= 11 is 18.3. The van der Waals surface area contributed by atoms with Crippen molar-refractivity contribution < 1.29 is 66.6 Å². The van der Waals surface area contributed by atoms with Crippen molar-refractivity contribution in [3.05, 3.63) is 179 Å². The van der Waals surface area contributed by atoms with Crippen LogP contribution in [-0.4, -0.2) is 102 Å². The highest BCUT2D eigenvalue weighted by Crippen LogP contribution is 2.38. The Morgan fingerprint density at radius 3 is 1.23 bits per heavy atom. The number of alkyl halides is 3. The second-order valence-corrected chi connectivity index (χ2v) is 18.3. The van der Waals surface area contributed by atoms with Crippen LogP contribution in [0, 0.1) is 17.2 Å². The minimum Gasteiger partial charge on any atom is -0.459 e. The predicted molar refractivity (Wildman–Crippen MR) is 250 cm³/mol. The molecule has 15 nitrogen and oxygen atoms in total. The highest BCUT2D eigenvalue weighted by Gasteiger charge is 2.56. The first-order chi connectivity index (χ1) is 33.2. The van der Waals surface area contributed by atoms with E-state index < -0.39 is 101 Å². The third-order valence-electron chi connectivity index (χ3n) is 11.4. The van der Waals surface area contributed by atoms with Crippen molar-refractivity contribution in [2.24, 2.45) is 11.8 Å². The normalized spacial score (nSPS) is 24.4. The summed E-state index contributed by atoms with van der Waals surface area (Å²) in [6.45, 7) is 2.82. The van der Waals surface area contributed by atoms with Crippen molar-refractivity contribution in [1.29, 1.82) is 5.41 Å². The number of carbonyl (C=O) groups is 5. The molecule has 2 aliphatic heterocycles. The largest absolute Gasteiger partial charge is 0.459 e. The first kappa shape index (κ1) is 50.5. The van der Waals surface area contributed by atoms with Crippen LogP contribution in [0.1, 0.15) is 65.6 Å². The molecule has 5 aromatic carbocycles. The molecule has 7 rings (SSSR count). The fourth-order valence-corrected chi connectivity index (χ4v) is 7.64. The topological polar surface area (TPSA) is 192 Å². The van der Waals surface area contributed by atoms with Crippen molar-refractivity contribution in [3.63, 3.8) is 0 Å². The molecule has 69 heavy (non-hydrogen) atoms. The molecule has 0 radical (unpaired) electrons. The fraction of sp³-hybridized carbons (Fsp3) is 0.294. The third kappa shape index (κ3) is 13.1. The lowest BCUT2D eigenvalue weighted by Crippen LogP contribution is -2.64. The lowest BCUT2D eigenvalue weighted by atomic mass is 9.83. The van der Waals surface area contributed by atoms with E-state index in [-0.39, 0.29) is 34.8 Å². The average molecular weight is 1000 g/mol. The molecule has 5 aromatic rings. The Morgan fingerprint density at radius 2 is 0.812 bits per heavy atom. The van der Waals surface area contributed by atoms with Crippen molar-refractivity contribution in [1.82, 2.24) is 0 Å². The van der Waals surface area contributed by atoms with Crippen molar-refractivity contribution >= 4 is 70.5 Å². The van der Waals surface area contributed by atoms with E-state index in [9.17, 15) is 24.0 Å². The van der Waals surface area contributed by atoms with Gasteiger partial charge < -0.3 is 42.6 Å². The van der Waals surface area contributed by atoms with Gasteiger partial charge in [-0.05, 0) is 66.6 Å². The van der Waals surface area contributed by atoms with Crippen molar-refractivity contribution in [2.75, 3.05) is 13.2 Å². The zero-order chi connectivity index (χ0) is 49.1. The van der Waals surface area contributed by atoms with E-state index in [4.69, 9.17) is 82.8 Å². The van der Waals surface area contributed by atoms with Gasteiger partial charge in [-0.2, -0.15) is 0 Å². The first-order valence-electron chi connectivity index (χ1n) is 21.7. The second kappa shape index (κ2) is 23.3. The monoisotopic (exact) mass is 1000 g/mol. The fourth-order valence-electron chi connectivity index (χ4n) is 7.51. The van der Waals surface area contributed by atoms with Crippen molar-refractivity contribution in [3.8, 4) is 0 Å². The number of benzene rings is 5. The van der Waals surface area contributed by atoms with E-state index in [1.807, 2.05) is 13.8 Å². The summed E-state index contributed by atoms with van der Waals surface area (Å²) in [5, 5.41) is 8.54. The highest BCUT2D eigenvalue weighted by molar-refractivity contribution is 6.76. The standard InChI is InChI=1S/C51H46Cl3NO14/c1-30-31(2)39(65-44(57)33-20-10-4-11-21-33)48(63-37(30)28-61-43(56)32-18-8-3-9-19-32)62-29-38-40(66-45(58)34-22-12-5-13-23-34)41(67-46(59)35-24-14-6-15-25-35)42(49(64-38)69-50(55)51(52,53)54)68-47(60)36-26-16-7-17-27-36/h3-27,30-31,37-42,48-49,55H,28-29H2,1-2H3/t30-,31-,37+,38+,39+,40+,41-,42+,48+,49?/m0/s1. The van der Waals surface area contributed by atoms with Gasteiger partial charge in [-0.1, -0.05) is 140 Å². The van der Waals surface area contributed by atoms with Gasteiger partial charge in [-0.3, -0.25) is 5.41 Å². The summed E-state index contributed by atoms with van der Waals surface area (Å²) in [5.74, 6) is -5.98. The van der Waals surface area contributed by atoms with Crippen LogP contribution in [0.2, 0.25) is 0 Å². The number of nitrogens with one attached hydrogen (secondary N) is 1. The molecule has 2 heterocycles. The molecule has 0 bridgehead atoms. The molecule has 2 saturated heterocycles. The maximum atomic E-state index is 14.1. The number of ether oxygens (including phenoxy) is 9. The summed E-state index contributed by atoms with van der Waals surface area (Å²) < 4.78 is 52.7. The van der Waals surface area contributed by atoms with Crippen LogP contribution in [0.25, 0.3) is 0 Å². The van der Waals surface area contributed by atoms with Crippen LogP contribution in [-0.2, 0) is 42.6 Å². The molecule has 0 aromatic heterocycles. The van der Waals surface area contributed by atoms with E-state index in [1.165, 1.54) is 36.4 Å². The van der Waals surface area contributed by atoms with Gasteiger partial charge in [-0.15, -0.1) is 0 Å². The first-order valence-corrected chi connectivity index (χ1v) is 22.8. The minimum absolute atomic E-state index is 0.0574. The summed E-state index contributed by atoms with van der Waals surface area (Å²) in [5.41, 5.74) is 0.761. The molecular formula is C51H46Cl3NO14. The van der Waals surface area contributed by atoms with E-state index in [0.29, 0.717) is 5.56 Å². The highest BCUT2D eigenvalue weighted by atomic mass is 35.6. The van der Waals surface area contributed by atoms with Gasteiger partial charge in [0.05, 0.1) is 40.5 Å². The van der Waals surface area contributed by atoms with E-state index in [2.05, 4.69) is 0 Å². The predicted octanol–water partition coefficient (Wildman–Crippen LogP) is 8.85. The lowest BCUT2D eigenvalue weighted by molar-refractivity contribution is -0.311. The summed E-state index contributed by atoms with van der Waals surface area (Å²) in [4.78, 5) is 68.7. The third-order valence-corrected chi connectivity index (χ3v) is 11.9. The molecule has 1 N–H and O–H groups in total. The van der Waals surface area contributed by atoms with Gasteiger partial charge in [0.1, 0.15) is 12.7 Å². The Morgan fingerprint density at radius 1 is 0.449 bits per heavy atom. The molecule has 360 valence electrons. The van der Waals surface area contributed by atoms with Gasteiger partial charge in [0, 0.05) is 5.92 Å². The maximum Gasteiger partial charge on any atom is 0.338 e. The van der Waals surface area contributed by atoms with Crippen molar-refractivity contribution in [2.45, 2.75) is 66.8 Å². The number of carbonyl (C=O) groups excluding carboxylic acids is 5. The zero-order valence-corrected chi connectivity index (χ0v) is 39.2. The zero-order valence-electron chi connectivity index (χ0n) is 37.0. The molecule has 0 aliphatic carbocycles. The number of esters is 5. The Bertz CT molecular complexity index is 2530. The molecule has 0 amide bonds. The maximum absolute atomic E-state index is 14.1. The lowest BCUT2D eigenvalue weighted by Gasteiger charge is -2.46. The van der Waals surface area contributed by atoms with Gasteiger partial charge in [0.15, 0.2) is 24.6 Å². The SMILES string of the molecule is C[C@H]1[C@H](C)[C@@H](COC(=O)c2ccccc2)O[C@@H](OC[C@H]2OC(OC(=N)C(Cl)(Cl)Cl)[C@H](OC(=O)c3ccccc3)[C@@H](OC(=O)c3ccccc3)[C@@H]2OC(=O)c2ccccc2)[C@@H]1OC(=O)c1ccccc1. The van der Waals surface area contributed by atoms with Gasteiger partial charge in [0.2, 0.25) is 18.3 Å². The van der Waals surface area contributed by atoms with Gasteiger partial charge in [0.25, 0.3) is 3.79 Å². The molecule has 18 heteroatoms. The molecule has 0 saturated carbocycles. The average Bonchev–Trinajstić information content (AvgIpc) is 3.37. The molecule has 2 fully saturated rings. The number of hydrogen-bond donors (Lipinski definition) is 1. The van der Waals surface area contributed by atoms with Gasteiger partial charge in [-0.25, -0.2) is 24.0 Å². The molecule has 10 atom stereocenters. The molecule has 2 aliphatic rings. The van der Waals surface area contributed by atoms with Crippen LogP contribution in [0.3, 0.4) is 0 Å². The summed E-state index contributed by atoms with van der Waals surface area (Å²) in [6.07, 6.45) is -12.1. The minimum atomic E-state index is -2.48. The second-order valence-electron chi connectivity index (χ2n) is 16.0. The van der Waals surface area contributed by atoms with Crippen LogP contribution >= 0.6 is 34.8 Å². The smallest absolute Gasteiger partial charge is 0.338 e. The van der Waals surface area contributed by atoms with Crippen LogP contribution in [0.15, 0.2) is 152 Å². The van der Waals surface area contributed by atoms with Crippen LogP contribution < -0.4 is 0 Å². The molecule has 1 unspecified atom stereocenters. The Kier molecular flexibility index (Phi) is 17.1. The quantitative estimate of drug-likeness (QED) is 0.0344. The summed E-state index contributed by atoms with van der Waals surface area (Å²) in [7, 11) is 0. The number of hydrogen-bond acceptors (Lipinski definition) is 15. The van der Waals surface area contributed by atoms with Crippen LogP contribution in [0.4, 0.5) is 0 Å².